The molecule has 1 aliphatic rings. The molecule has 0 bridgehead atoms. The number of nitrogens with two attached hydrogens (primary N) is 1. The van der Waals surface area contributed by atoms with Crippen LogP contribution in [-0.4, -0.2) is 34.9 Å². The van der Waals surface area contributed by atoms with Crippen LogP contribution in [-0.2, 0) is 0 Å². The van der Waals surface area contributed by atoms with Crippen molar-refractivity contribution in [3.8, 4) is 6.07 Å². The molecule has 1 amide bonds. The van der Waals surface area contributed by atoms with Crippen molar-refractivity contribution < 1.29 is 4.79 Å². The lowest BCUT2D eigenvalue weighted by atomic mass is 10.3. The normalized spacial score (nSPS) is 20.3. The van der Waals surface area contributed by atoms with E-state index in [9.17, 15) is 4.79 Å². The quantitative estimate of drug-likeness (QED) is 0.735. The van der Waals surface area contributed by atoms with E-state index in [1.54, 1.807) is 4.90 Å². The molecular weight excluding hydrogens is 212 g/mol. The van der Waals surface area contributed by atoms with Crippen LogP contribution in [0.2, 0.25) is 0 Å². The van der Waals surface area contributed by atoms with Gasteiger partial charge < -0.3 is 10.6 Å². The summed E-state index contributed by atoms with van der Waals surface area (Å²) in [4.78, 5) is 17.9. The number of nitrogens with zero attached hydrogens (tertiary/aromatic N) is 3. The standard InChI is InChI=1S/C9H10N4OS/c10-3-8-12-4-7(15-8)9(14)13-2-1-6(11)5-13/h4,6H,1-2,5,11H2. The van der Waals surface area contributed by atoms with E-state index < -0.39 is 0 Å². The third-order valence-corrected chi connectivity index (χ3v) is 3.21. The Bertz CT molecular complexity index is 422. The number of amides is 1. The average Bonchev–Trinajstić information content (AvgIpc) is 2.84. The van der Waals surface area contributed by atoms with Gasteiger partial charge in [0.1, 0.15) is 10.9 Å². The summed E-state index contributed by atoms with van der Waals surface area (Å²) in [6.45, 7) is 1.29. The highest BCUT2D eigenvalue weighted by Gasteiger charge is 2.25. The van der Waals surface area contributed by atoms with Gasteiger partial charge in [-0.15, -0.1) is 0 Å². The summed E-state index contributed by atoms with van der Waals surface area (Å²) in [6, 6.07) is 1.99. The number of aromatic nitrogens is 1. The molecule has 0 saturated carbocycles. The number of carbonyl (C=O) groups is 1. The third-order valence-electron chi connectivity index (χ3n) is 2.32. The van der Waals surface area contributed by atoms with Crippen molar-refractivity contribution in [3.63, 3.8) is 0 Å². The Hall–Kier alpha value is -1.45. The molecule has 1 aliphatic heterocycles. The van der Waals surface area contributed by atoms with Gasteiger partial charge in [-0.25, -0.2) is 4.98 Å². The largest absolute Gasteiger partial charge is 0.336 e. The van der Waals surface area contributed by atoms with Crippen LogP contribution in [0.15, 0.2) is 6.20 Å². The van der Waals surface area contributed by atoms with Crippen LogP contribution < -0.4 is 5.73 Å². The van der Waals surface area contributed by atoms with Crippen molar-refractivity contribution in [1.29, 1.82) is 5.26 Å². The average molecular weight is 222 g/mol. The first-order valence-corrected chi connectivity index (χ1v) is 5.43. The van der Waals surface area contributed by atoms with Gasteiger partial charge in [0.05, 0.1) is 6.20 Å². The van der Waals surface area contributed by atoms with E-state index in [2.05, 4.69) is 4.98 Å². The smallest absolute Gasteiger partial charge is 0.265 e. The molecule has 0 radical (unpaired) electrons. The van der Waals surface area contributed by atoms with Gasteiger partial charge in [-0.1, -0.05) is 11.3 Å². The number of hydrogen-bond acceptors (Lipinski definition) is 5. The van der Waals surface area contributed by atoms with Crippen LogP contribution in [0, 0.1) is 11.3 Å². The van der Waals surface area contributed by atoms with Crippen molar-refractivity contribution in [3.05, 3.63) is 16.1 Å². The van der Waals surface area contributed by atoms with E-state index in [0.29, 0.717) is 23.0 Å². The number of thiazole rings is 1. The zero-order valence-corrected chi connectivity index (χ0v) is 8.83. The van der Waals surface area contributed by atoms with Gasteiger partial charge in [0.25, 0.3) is 5.91 Å². The van der Waals surface area contributed by atoms with Crippen LogP contribution in [0.4, 0.5) is 0 Å². The maximum absolute atomic E-state index is 11.9. The van der Waals surface area contributed by atoms with E-state index in [1.165, 1.54) is 6.20 Å². The molecule has 1 atom stereocenters. The fraction of sp³-hybridized carbons (Fsp3) is 0.444. The van der Waals surface area contributed by atoms with Crippen molar-refractivity contribution in [2.45, 2.75) is 12.5 Å². The van der Waals surface area contributed by atoms with E-state index in [-0.39, 0.29) is 11.9 Å². The van der Waals surface area contributed by atoms with Crippen LogP contribution in [0.25, 0.3) is 0 Å². The third kappa shape index (κ3) is 1.98. The minimum absolute atomic E-state index is 0.0676. The molecule has 15 heavy (non-hydrogen) atoms. The molecule has 1 aromatic heterocycles. The fourth-order valence-corrected chi connectivity index (χ4v) is 2.23. The lowest BCUT2D eigenvalue weighted by Gasteiger charge is -2.13. The number of nitriles is 1. The van der Waals surface area contributed by atoms with E-state index in [4.69, 9.17) is 11.0 Å². The Morgan fingerprint density at radius 3 is 3.13 bits per heavy atom. The topological polar surface area (TPSA) is 83.0 Å². The predicted octanol–water partition coefficient (Wildman–Crippen LogP) is 0.188. The van der Waals surface area contributed by atoms with Gasteiger partial charge in [0.15, 0.2) is 5.01 Å². The van der Waals surface area contributed by atoms with Crippen LogP contribution in [0.5, 0.6) is 0 Å². The van der Waals surface area contributed by atoms with Gasteiger partial charge in [0.2, 0.25) is 0 Å². The molecule has 5 nitrogen and oxygen atoms in total. The molecule has 1 fully saturated rings. The van der Waals surface area contributed by atoms with Gasteiger partial charge in [-0.05, 0) is 6.42 Å². The maximum atomic E-state index is 11.9. The van der Waals surface area contributed by atoms with Crippen LogP contribution >= 0.6 is 11.3 Å². The zero-order valence-electron chi connectivity index (χ0n) is 8.01. The minimum Gasteiger partial charge on any atom is -0.336 e. The van der Waals surface area contributed by atoms with Crippen molar-refractivity contribution >= 4 is 17.2 Å². The molecule has 2 rings (SSSR count). The summed E-state index contributed by atoms with van der Waals surface area (Å²) in [7, 11) is 0. The number of likely N-dealkylation sites (tertiary alicyclic amines) is 1. The van der Waals surface area contributed by atoms with Crippen molar-refractivity contribution in [2.75, 3.05) is 13.1 Å². The summed E-state index contributed by atoms with van der Waals surface area (Å²) in [6.07, 6.45) is 2.30. The Balaban J connectivity index is 2.11. The number of rotatable bonds is 1. The number of hydrogen-bond donors (Lipinski definition) is 1. The SMILES string of the molecule is N#Cc1ncc(C(=O)N2CCC(N)C2)s1. The van der Waals surface area contributed by atoms with E-state index >= 15 is 0 Å². The lowest BCUT2D eigenvalue weighted by molar-refractivity contribution is 0.0795. The molecule has 2 heterocycles. The molecule has 0 aromatic carbocycles. The summed E-state index contributed by atoms with van der Waals surface area (Å²) >= 11 is 1.12. The van der Waals surface area contributed by atoms with Gasteiger partial charge in [-0.3, -0.25) is 4.79 Å². The predicted molar refractivity (Wildman–Crippen MR) is 55.3 cm³/mol. The van der Waals surface area contributed by atoms with Crippen LogP contribution in [0.1, 0.15) is 21.1 Å². The molecule has 6 heteroatoms. The van der Waals surface area contributed by atoms with E-state index in [0.717, 1.165) is 17.8 Å². The van der Waals surface area contributed by atoms with Gasteiger partial charge >= 0.3 is 0 Å². The van der Waals surface area contributed by atoms with Gasteiger partial charge in [0, 0.05) is 19.1 Å². The Morgan fingerprint density at radius 2 is 2.60 bits per heavy atom. The summed E-state index contributed by atoms with van der Waals surface area (Å²) in [5.41, 5.74) is 5.71. The molecule has 1 saturated heterocycles. The van der Waals surface area contributed by atoms with Gasteiger partial charge in [-0.2, -0.15) is 5.26 Å². The van der Waals surface area contributed by atoms with E-state index in [1.807, 2.05) is 6.07 Å². The first-order chi connectivity index (χ1) is 7.20. The molecule has 1 aromatic rings. The summed E-state index contributed by atoms with van der Waals surface area (Å²) < 4.78 is 0. The highest BCUT2D eigenvalue weighted by atomic mass is 32.1. The van der Waals surface area contributed by atoms with Crippen molar-refractivity contribution in [2.24, 2.45) is 5.73 Å². The second-order valence-electron chi connectivity index (χ2n) is 3.44. The summed E-state index contributed by atoms with van der Waals surface area (Å²) in [5, 5.41) is 8.91. The number of carbonyl (C=O) groups excluding carboxylic acids is 1. The molecule has 0 spiro atoms. The second kappa shape index (κ2) is 3.96. The van der Waals surface area contributed by atoms with Crippen LogP contribution in [0.3, 0.4) is 0 Å². The molecule has 78 valence electrons. The first-order valence-electron chi connectivity index (χ1n) is 4.61. The highest BCUT2D eigenvalue weighted by molar-refractivity contribution is 7.14. The molecule has 0 aliphatic carbocycles. The molecule has 2 N–H and O–H groups in total. The van der Waals surface area contributed by atoms with Crippen molar-refractivity contribution in [1.82, 2.24) is 9.88 Å². The Morgan fingerprint density at radius 1 is 1.80 bits per heavy atom. The fourth-order valence-electron chi connectivity index (χ4n) is 1.55. The molecule has 1 unspecified atom stereocenters. The molecular formula is C9H10N4OS. The first kappa shape index (κ1) is 10.1. The second-order valence-corrected chi connectivity index (χ2v) is 4.47. The monoisotopic (exact) mass is 222 g/mol. The zero-order chi connectivity index (χ0) is 10.8. The minimum atomic E-state index is -0.0676. The summed E-state index contributed by atoms with van der Waals surface area (Å²) in [5.74, 6) is -0.0676. The maximum Gasteiger partial charge on any atom is 0.265 e. The Kier molecular flexibility index (Phi) is 2.66. The highest BCUT2D eigenvalue weighted by Crippen LogP contribution is 2.17. The lowest BCUT2D eigenvalue weighted by Crippen LogP contribution is -2.31. The Labute approximate surface area is 91.1 Å².